The van der Waals surface area contributed by atoms with E-state index in [4.69, 9.17) is 14.6 Å². The predicted molar refractivity (Wildman–Crippen MR) is 141 cm³/mol. The lowest BCUT2D eigenvalue weighted by Gasteiger charge is -2.13. The number of esters is 2. The first-order chi connectivity index (χ1) is 17.8. The average Bonchev–Trinajstić information content (AvgIpc) is 2.89. The van der Waals surface area contributed by atoms with Crippen molar-refractivity contribution < 1.29 is 33.4 Å². The number of carboxylic acid groups (broad SMARTS) is 1. The van der Waals surface area contributed by atoms with E-state index < -0.39 is 18.1 Å². The van der Waals surface area contributed by atoms with Gasteiger partial charge in [-0.2, -0.15) is 0 Å². The van der Waals surface area contributed by atoms with E-state index in [2.05, 4.69) is 6.92 Å². The van der Waals surface area contributed by atoms with Crippen LogP contribution in [0.25, 0.3) is 0 Å². The highest BCUT2D eigenvalue weighted by Crippen LogP contribution is 2.20. The molecule has 0 aliphatic rings. The third-order valence-electron chi connectivity index (χ3n) is 6.22. The number of aromatic carboxylic acids is 1. The Kier molecular flexibility index (Phi) is 13.4. The summed E-state index contributed by atoms with van der Waals surface area (Å²) in [5, 5.41) is 9.12. The molecule has 0 saturated heterocycles. The maximum atomic E-state index is 14.2. The average molecular weight is 515 g/mol. The Bertz CT molecular complexity index is 988. The lowest BCUT2D eigenvalue weighted by Crippen LogP contribution is -2.22. The molecule has 0 radical (unpaired) electrons. The van der Waals surface area contributed by atoms with Crippen LogP contribution in [-0.4, -0.2) is 35.3 Å². The number of hydrogen-bond acceptors (Lipinski definition) is 5. The number of carbonyl (C=O) groups is 3. The number of carboxylic acids is 1. The standard InChI is InChI=1S/C30H39FO6/c1-3-4-13-22(2)36-29(34)24-20-18-23(19-21-24)14-9-7-5-6-8-10-16-26(31)30(35)37-27-17-12-11-15-25(27)28(32)33/h11-12,15,17-22,26H,3-10,13-14,16H2,1-2H3,(H,32,33)/t22?,26-/m1/s1. The van der Waals surface area contributed by atoms with Crippen molar-refractivity contribution in [2.45, 2.75) is 96.8 Å². The second kappa shape index (κ2) is 16.5. The van der Waals surface area contributed by atoms with E-state index in [9.17, 15) is 18.8 Å². The first-order valence-electron chi connectivity index (χ1n) is 13.3. The fourth-order valence-electron chi connectivity index (χ4n) is 3.99. The van der Waals surface area contributed by atoms with Crippen molar-refractivity contribution in [3.63, 3.8) is 0 Å². The second-order valence-corrected chi connectivity index (χ2v) is 9.41. The Labute approximate surface area is 219 Å². The number of unbranched alkanes of at least 4 members (excludes halogenated alkanes) is 6. The molecule has 1 unspecified atom stereocenters. The quantitative estimate of drug-likeness (QED) is 0.135. The predicted octanol–water partition coefficient (Wildman–Crippen LogP) is 7.34. The number of halogens is 1. The third kappa shape index (κ3) is 11.1. The van der Waals surface area contributed by atoms with E-state index in [1.165, 1.54) is 29.8 Å². The molecule has 1 N–H and O–H groups in total. The molecule has 2 atom stereocenters. The number of alkyl halides is 1. The number of ether oxygens (including phenoxy) is 2. The monoisotopic (exact) mass is 514 g/mol. The molecule has 0 amide bonds. The molecule has 0 spiro atoms. The minimum absolute atomic E-state index is 0.0558. The lowest BCUT2D eigenvalue weighted by molar-refractivity contribution is -0.140. The Balaban J connectivity index is 1.57. The smallest absolute Gasteiger partial charge is 0.346 e. The molecule has 0 aliphatic carbocycles. The van der Waals surface area contributed by atoms with Crippen molar-refractivity contribution in [3.8, 4) is 5.75 Å². The largest absolute Gasteiger partial charge is 0.478 e. The van der Waals surface area contributed by atoms with E-state index in [-0.39, 0.29) is 29.8 Å². The maximum Gasteiger partial charge on any atom is 0.346 e. The van der Waals surface area contributed by atoms with Gasteiger partial charge in [-0.1, -0.05) is 69.7 Å². The first kappa shape index (κ1) is 30.0. The number of aryl methyl sites for hydroxylation is 1. The number of carbonyl (C=O) groups excluding carboxylic acids is 2. The van der Waals surface area contributed by atoms with Crippen LogP contribution in [0, 0.1) is 0 Å². The molecule has 0 heterocycles. The van der Waals surface area contributed by atoms with Gasteiger partial charge in [0.1, 0.15) is 11.3 Å². The summed E-state index contributed by atoms with van der Waals surface area (Å²) in [4.78, 5) is 35.3. The lowest BCUT2D eigenvalue weighted by atomic mass is 10.0. The molecule has 0 saturated carbocycles. The minimum Gasteiger partial charge on any atom is -0.478 e. The fourth-order valence-corrected chi connectivity index (χ4v) is 3.99. The zero-order valence-corrected chi connectivity index (χ0v) is 21.9. The van der Waals surface area contributed by atoms with Crippen molar-refractivity contribution in [3.05, 3.63) is 65.2 Å². The third-order valence-corrected chi connectivity index (χ3v) is 6.22. The van der Waals surface area contributed by atoms with Crippen LogP contribution in [0.5, 0.6) is 5.75 Å². The molecule has 6 nitrogen and oxygen atoms in total. The van der Waals surface area contributed by atoms with Gasteiger partial charge in [0.05, 0.1) is 11.7 Å². The van der Waals surface area contributed by atoms with Gasteiger partial charge in [0.25, 0.3) is 0 Å². The molecule has 0 fully saturated rings. The first-order valence-corrected chi connectivity index (χ1v) is 13.3. The number of para-hydroxylation sites is 1. The molecular weight excluding hydrogens is 475 g/mol. The van der Waals surface area contributed by atoms with Gasteiger partial charge < -0.3 is 14.6 Å². The van der Waals surface area contributed by atoms with Gasteiger partial charge in [-0.3, -0.25) is 0 Å². The van der Waals surface area contributed by atoms with Gasteiger partial charge in [0, 0.05) is 0 Å². The van der Waals surface area contributed by atoms with E-state index >= 15 is 0 Å². The van der Waals surface area contributed by atoms with Crippen molar-refractivity contribution in [1.29, 1.82) is 0 Å². The Morgan fingerprint density at radius 3 is 2.19 bits per heavy atom. The Morgan fingerprint density at radius 2 is 1.51 bits per heavy atom. The summed E-state index contributed by atoms with van der Waals surface area (Å²) < 4.78 is 24.6. The van der Waals surface area contributed by atoms with Gasteiger partial charge in [-0.05, 0) is 68.9 Å². The molecule has 202 valence electrons. The molecule has 7 heteroatoms. The molecule has 2 aromatic rings. The van der Waals surface area contributed by atoms with Gasteiger partial charge in [-0.25, -0.2) is 18.8 Å². The summed E-state index contributed by atoms with van der Waals surface area (Å²) in [6, 6.07) is 13.3. The SMILES string of the molecule is CCCCC(C)OC(=O)c1ccc(CCCCCCCC[C@@H](F)C(=O)Oc2ccccc2C(=O)O)cc1. The van der Waals surface area contributed by atoms with Crippen LogP contribution in [0.15, 0.2) is 48.5 Å². The summed E-state index contributed by atoms with van der Waals surface area (Å²) >= 11 is 0. The van der Waals surface area contributed by atoms with Crippen LogP contribution in [0.3, 0.4) is 0 Å². The van der Waals surface area contributed by atoms with Crippen LogP contribution in [-0.2, 0) is 16.0 Å². The normalized spacial score (nSPS) is 12.5. The molecular formula is C30H39FO6. The zero-order valence-electron chi connectivity index (χ0n) is 21.9. The van der Waals surface area contributed by atoms with Crippen LogP contribution >= 0.6 is 0 Å². The highest BCUT2D eigenvalue weighted by Gasteiger charge is 2.21. The number of rotatable bonds is 17. The number of benzene rings is 2. The Morgan fingerprint density at radius 1 is 0.865 bits per heavy atom. The van der Waals surface area contributed by atoms with E-state index in [0.717, 1.165) is 57.8 Å². The van der Waals surface area contributed by atoms with Crippen molar-refractivity contribution >= 4 is 17.9 Å². The topological polar surface area (TPSA) is 89.9 Å². The zero-order chi connectivity index (χ0) is 27.0. The van der Waals surface area contributed by atoms with Crippen molar-refractivity contribution in [2.24, 2.45) is 0 Å². The maximum absolute atomic E-state index is 14.2. The van der Waals surface area contributed by atoms with Crippen molar-refractivity contribution in [1.82, 2.24) is 0 Å². The van der Waals surface area contributed by atoms with Crippen LogP contribution < -0.4 is 4.74 Å². The van der Waals surface area contributed by atoms with Crippen LogP contribution in [0.2, 0.25) is 0 Å². The van der Waals surface area contributed by atoms with Crippen molar-refractivity contribution in [2.75, 3.05) is 0 Å². The van der Waals surface area contributed by atoms with Gasteiger partial charge >= 0.3 is 17.9 Å². The highest BCUT2D eigenvalue weighted by molar-refractivity contribution is 5.92. The van der Waals surface area contributed by atoms with Gasteiger partial charge in [0.15, 0.2) is 6.17 Å². The van der Waals surface area contributed by atoms with Gasteiger partial charge in [0.2, 0.25) is 0 Å². The van der Waals surface area contributed by atoms with E-state index in [0.29, 0.717) is 12.0 Å². The van der Waals surface area contributed by atoms with Gasteiger partial charge in [-0.15, -0.1) is 0 Å². The molecule has 0 aromatic heterocycles. The summed E-state index contributed by atoms with van der Waals surface area (Å²) in [6.07, 6.45) is 7.56. The summed E-state index contributed by atoms with van der Waals surface area (Å²) in [5.74, 6) is -2.71. The van der Waals surface area contributed by atoms with E-state index in [1.807, 2.05) is 31.2 Å². The summed E-state index contributed by atoms with van der Waals surface area (Å²) in [5.41, 5.74) is 1.58. The van der Waals surface area contributed by atoms with Crippen LogP contribution in [0.1, 0.15) is 104 Å². The molecule has 2 rings (SSSR count). The molecule has 37 heavy (non-hydrogen) atoms. The molecule has 0 aliphatic heterocycles. The minimum atomic E-state index is -1.78. The molecule has 0 bridgehead atoms. The number of hydrogen-bond donors (Lipinski definition) is 1. The van der Waals surface area contributed by atoms with E-state index in [1.54, 1.807) is 0 Å². The Hall–Kier alpha value is -3.22. The molecule has 2 aromatic carbocycles. The van der Waals surface area contributed by atoms with Crippen LogP contribution in [0.4, 0.5) is 4.39 Å². The second-order valence-electron chi connectivity index (χ2n) is 9.41. The highest BCUT2D eigenvalue weighted by atomic mass is 19.1. The summed E-state index contributed by atoms with van der Waals surface area (Å²) in [7, 11) is 0. The fraction of sp³-hybridized carbons (Fsp3) is 0.500. The summed E-state index contributed by atoms with van der Waals surface area (Å²) in [6.45, 7) is 4.04.